The first-order valence-corrected chi connectivity index (χ1v) is 8.79. The first-order chi connectivity index (χ1) is 13.0. The highest BCUT2D eigenvalue weighted by Crippen LogP contribution is 2.31. The van der Waals surface area contributed by atoms with Crippen LogP contribution in [-0.2, 0) is 4.79 Å². The van der Waals surface area contributed by atoms with Gasteiger partial charge in [0.1, 0.15) is 17.0 Å². The van der Waals surface area contributed by atoms with Crippen LogP contribution in [-0.4, -0.2) is 17.0 Å². The van der Waals surface area contributed by atoms with Crippen LogP contribution in [0.1, 0.15) is 29.5 Å². The monoisotopic (exact) mass is 383 g/mol. The maximum atomic E-state index is 12.8. The van der Waals surface area contributed by atoms with Crippen LogP contribution in [0.25, 0.3) is 11.3 Å². The average Bonchev–Trinajstić information content (AvgIpc) is 3.05. The third-order valence-corrected chi connectivity index (χ3v) is 4.30. The Morgan fingerprint density at radius 1 is 1.04 bits per heavy atom. The molecule has 0 bridgehead atoms. The minimum absolute atomic E-state index is 0.0729. The topological polar surface area (TPSA) is 84.2 Å². The Morgan fingerprint density at radius 3 is 2.30 bits per heavy atom. The fraction of sp³-hybridized carbons (Fsp3) is 0.150. The van der Waals surface area contributed by atoms with Gasteiger partial charge in [-0.2, -0.15) is 0 Å². The number of nitrogens with one attached hydrogen (secondary N) is 2. The van der Waals surface area contributed by atoms with E-state index < -0.39 is 0 Å². The summed E-state index contributed by atoms with van der Waals surface area (Å²) in [4.78, 5) is 24.2. The van der Waals surface area contributed by atoms with Crippen LogP contribution in [0, 0.1) is 6.92 Å². The number of anilines is 2. The first-order valence-electron chi connectivity index (χ1n) is 8.42. The van der Waals surface area contributed by atoms with Gasteiger partial charge in [-0.3, -0.25) is 9.59 Å². The van der Waals surface area contributed by atoms with Gasteiger partial charge in [0, 0.05) is 23.4 Å². The molecular weight excluding hydrogens is 366 g/mol. The number of hydrogen-bond donors (Lipinski definition) is 2. The number of benzene rings is 2. The van der Waals surface area contributed by atoms with Crippen LogP contribution in [0.2, 0.25) is 5.02 Å². The molecule has 3 rings (SSSR count). The lowest BCUT2D eigenvalue weighted by Gasteiger charge is -2.08. The van der Waals surface area contributed by atoms with Gasteiger partial charge < -0.3 is 15.2 Å². The summed E-state index contributed by atoms with van der Waals surface area (Å²) in [6, 6.07) is 14.0. The van der Waals surface area contributed by atoms with E-state index in [4.69, 9.17) is 16.1 Å². The highest BCUT2D eigenvalue weighted by Gasteiger charge is 2.23. The molecule has 0 atom stereocenters. The van der Waals surface area contributed by atoms with Gasteiger partial charge in [0.25, 0.3) is 5.91 Å². The molecular formula is C20H18ClN3O3. The molecule has 0 saturated carbocycles. The van der Waals surface area contributed by atoms with Gasteiger partial charge in [0.15, 0.2) is 0 Å². The largest absolute Gasteiger partial charge is 0.360 e. The van der Waals surface area contributed by atoms with Crippen LogP contribution in [0.15, 0.2) is 53.1 Å². The van der Waals surface area contributed by atoms with E-state index >= 15 is 0 Å². The van der Waals surface area contributed by atoms with Crippen molar-refractivity contribution in [3.8, 4) is 11.3 Å². The van der Waals surface area contributed by atoms with Crippen molar-refractivity contribution >= 4 is 34.8 Å². The molecule has 0 fully saturated rings. The summed E-state index contributed by atoms with van der Waals surface area (Å²) < 4.78 is 5.22. The van der Waals surface area contributed by atoms with Gasteiger partial charge >= 0.3 is 0 Å². The molecule has 0 aliphatic heterocycles. The molecule has 0 aliphatic carbocycles. The maximum absolute atomic E-state index is 12.8. The third kappa shape index (κ3) is 4.17. The Hall–Kier alpha value is -3.12. The third-order valence-electron chi connectivity index (χ3n) is 3.97. The van der Waals surface area contributed by atoms with E-state index in [1.165, 1.54) is 0 Å². The number of hydrogen-bond acceptors (Lipinski definition) is 4. The lowest BCUT2D eigenvalue weighted by Crippen LogP contribution is -2.14. The van der Waals surface area contributed by atoms with Crippen LogP contribution >= 0.6 is 11.6 Å². The SMILES string of the molecule is CCC(=O)Nc1ccc(NC(=O)c2c(-c3ccccc3Cl)noc2C)cc1. The average molecular weight is 384 g/mol. The zero-order valence-corrected chi connectivity index (χ0v) is 15.6. The Kier molecular flexibility index (Phi) is 5.57. The first kappa shape index (κ1) is 18.7. The van der Waals surface area contributed by atoms with E-state index in [-0.39, 0.29) is 11.8 Å². The predicted octanol–water partition coefficient (Wildman–Crippen LogP) is 4.90. The fourth-order valence-electron chi connectivity index (χ4n) is 2.56. The van der Waals surface area contributed by atoms with Gasteiger partial charge in [-0.25, -0.2) is 0 Å². The molecule has 6 nitrogen and oxygen atoms in total. The molecule has 138 valence electrons. The number of nitrogens with zero attached hydrogens (tertiary/aromatic N) is 1. The van der Waals surface area contributed by atoms with Gasteiger partial charge in [0.2, 0.25) is 5.91 Å². The van der Waals surface area contributed by atoms with E-state index in [2.05, 4.69) is 15.8 Å². The summed E-state index contributed by atoms with van der Waals surface area (Å²) >= 11 is 6.23. The second kappa shape index (κ2) is 8.05. The van der Waals surface area contributed by atoms with Crippen molar-refractivity contribution in [3.63, 3.8) is 0 Å². The van der Waals surface area contributed by atoms with Gasteiger partial charge in [-0.15, -0.1) is 0 Å². The number of carbonyl (C=O) groups excluding carboxylic acids is 2. The highest BCUT2D eigenvalue weighted by molar-refractivity contribution is 6.33. The quantitative estimate of drug-likeness (QED) is 0.656. The zero-order valence-electron chi connectivity index (χ0n) is 14.9. The van der Waals surface area contributed by atoms with Crippen LogP contribution in [0.3, 0.4) is 0 Å². The molecule has 1 heterocycles. The minimum atomic E-state index is -0.353. The van der Waals surface area contributed by atoms with Gasteiger partial charge in [0.05, 0.1) is 5.02 Å². The van der Waals surface area contributed by atoms with Crippen molar-refractivity contribution in [2.24, 2.45) is 0 Å². The Bertz CT molecular complexity index is 980. The molecule has 2 N–H and O–H groups in total. The second-order valence-electron chi connectivity index (χ2n) is 5.88. The molecule has 2 aromatic carbocycles. The Balaban J connectivity index is 1.82. The molecule has 7 heteroatoms. The lowest BCUT2D eigenvalue weighted by molar-refractivity contribution is -0.115. The summed E-state index contributed by atoms with van der Waals surface area (Å²) in [7, 11) is 0. The van der Waals surface area contributed by atoms with E-state index in [1.807, 2.05) is 6.07 Å². The van der Waals surface area contributed by atoms with E-state index in [0.29, 0.717) is 45.4 Å². The van der Waals surface area contributed by atoms with E-state index in [0.717, 1.165) is 0 Å². The van der Waals surface area contributed by atoms with Crippen molar-refractivity contribution in [2.45, 2.75) is 20.3 Å². The number of halogens is 1. The molecule has 2 amide bonds. The number of aromatic nitrogens is 1. The smallest absolute Gasteiger partial charge is 0.261 e. The van der Waals surface area contributed by atoms with Crippen molar-refractivity contribution < 1.29 is 14.1 Å². The number of carbonyl (C=O) groups is 2. The predicted molar refractivity (Wildman–Crippen MR) is 105 cm³/mol. The van der Waals surface area contributed by atoms with Crippen LogP contribution in [0.5, 0.6) is 0 Å². The summed E-state index contributed by atoms with van der Waals surface area (Å²) in [5.74, 6) is -0.0282. The summed E-state index contributed by atoms with van der Waals surface area (Å²) in [6.45, 7) is 3.45. The number of aryl methyl sites for hydroxylation is 1. The standard InChI is InChI=1S/C20H18ClN3O3/c1-3-17(25)22-13-8-10-14(11-9-13)23-20(26)18-12(2)27-24-19(18)15-6-4-5-7-16(15)21/h4-11H,3H2,1-2H3,(H,22,25)(H,23,26). The number of amides is 2. The van der Waals surface area contributed by atoms with E-state index in [9.17, 15) is 9.59 Å². The fourth-order valence-corrected chi connectivity index (χ4v) is 2.78. The molecule has 0 radical (unpaired) electrons. The van der Waals surface area contributed by atoms with Crippen molar-refractivity contribution in [1.82, 2.24) is 5.16 Å². The number of rotatable bonds is 5. The van der Waals surface area contributed by atoms with E-state index in [1.54, 1.807) is 56.3 Å². The van der Waals surface area contributed by atoms with Crippen LogP contribution < -0.4 is 10.6 Å². The van der Waals surface area contributed by atoms with Crippen molar-refractivity contribution in [3.05, 3.63) is 64.9 Å². The second-order valence-corrected chi connectivity index (χ2v) is 6.28. The summed E-state index contributed by atoms with van der Waals surface area (Å²) in [5, 5.41) is 10.0. The molecule has 3 aromatic rings. The summed E-state index contributed by atoms with van der Waals surface area (Å²) in [6.07, 6.45) is 0.399. The Morgan fingerprint density at radius 2 is 1.67 bits per heavy atom. The summed E-state index contributed by atoms with van der Waals surface area (Å²) in [5.41, 5.74) is 2.59. The molecule has 0 spiro atoms. The molecule has 0 unspecified atom stereocenters. The van der Waals surface area contributed by atoms with Gasteiger partial charge in [-0.1, -0.05) is 41.9 Å². The van der Waals surface area contributed by atoms with Crippen molar-refractivity contribution in [1.29, 1.82) is 0 Å². The lowest BCUT2D eigenvalue weighted by atomic mass is 10.1. The molecule has 0 saturated heterocycles. The van der Waals surface area contributed by atoms with Crippen LogP contribution in [0.4, 0.5) is 11.4 Å². The zero-order chi connectivity index (χ0) is 19.4. The normalized spacial score (nSPS) is 10.5. The molecule has 1 aromatic heterocycles. The minimum Gasteiger partial charge on any atom is -0.360 e. The maximum Gasteiger partial charge on any atom is 0.261 e. The Labute approximate surface area is 161 Å². The van der Waals surface area contributed by atoms with Gasteiger partial charge in [-0.05, 0) is 37.3 Å². The molecule has 27 heavy (non-hydrogen) atoms. The molecule has 0 aliphatic rings. The highest BCUT2D eigenvalue weighted by atomic mass is 35.5. The van der Waals surface area contributed by atoms with Crippen molar-refractivity contribution in [2.75, 3.05) is 10.6 Å².